The first-order valence-electron chi connectivity index (χ1n) is 5.27. The second-order valence-corrected chi connectivity index (χ2v) is 4.35. The fourth-order valence-electron chi connectivity index (χ4n) is 2.67. The molecule has 1 heteroatoms. The lowest BCUT2D eigenvalue weighted by atomic mass is 9.90. The minimum absolute atomic E-state index is 0.203. The monoisotopic (exact) mass is 186 g/mol. The molecule has 3 rings (SSSR count). The topological polar surface area (TPSA) is 20.2 Å². The molecular formula is C13H14O. The molecule has 14 heavy (non-hydrogen) atoms. The first-order chi connectivity index (χ1) is 6.84. The average Bonchev–Trinajstić information content (AvgIpc) is 2.93. The van der Waals surface area contributed by atoms with Crippen molar-refractivity contribution in [2.24, 2.45) is 17.8 Å². The lowest BCUT2D eigenvalue weighted by molar-refractivity contribution is 0.178. The maximum absolute atomic E-state index is 10.2. The van der Waals surface area contributed by atoms with E-state index >= 15 is 0 Å². The summed E-state index contributed by atoms with van der Waals surface area (Å²) in [6.07, 6.45) is 15.8. The first kappa shape index (κ1) is 8.25. The summed E-state index contributed by atoms with van der Waals surface area (Å²) in [5.74, 6) is 1.31. The molecule has 3 unspecified atom stereocenters. The van der Waals surface area contributed by atoms with Crippen molar-refractivity contribution in [1.29, 1.82) is 0 Å². The fraction of sp³-hybridized carbons (Fsp3) is 0.385. The van der Waals surface area contributed by atoms with Crippen LogP contribution in [0.1, 0.15) is 6.42 Å². The molecule has 1 N–H and O–H groups in total. The maximum Gasteiger partial charge on any atom is 0.0853 e. The van der Waals surface area contributed by atoms with E-state index in [1.54, 1.807) is 0 Å². The summed E-state index contributed by atoms with van der Waals surface area (Å²) < 4.78 is 0. The smallest absolute Gasteiger partial charge is 0.0853 e. The number of hydrogen-bond acceptors (Lipinski definition) is 1. The predicted octanol–water partition coefficient (Wildman–Crippen LogP) is 2.22. The van der Waals surface area contributed by atoms with Crippen LogP contribution in [0.2, 0.25) is 0 Å². The van der Waals surface area contributed by atoms with Gasteiger partial charge in [-0.05, 0) is 17.9 Å². The van der Waals surface area contributed by atoms with Gasteiger partial charge < -0.3 is 5.11 Å². The van der Waals surface area contributed by atoms with Crippen molar-refractivity contribution in [2.75, 3.05) is 0 Å². The number of fused-ring (bicyclic) bond motifs is 2. The van der Waals surface area contributed by atoms with Gasteiger partial charge in [0.25, 0.3) is 0 Å². The van der Waals surface area contributed by atoms with E-state index in [1.165, 1.54) is 12.0 Å². The molecule has 0 aromatic rings. The molecule has 1 nitrogen and oxygen atoms in total. The fourth-order valence-corrected chi connectivity index (χ4v) is 2.67. The second kappa shape index (κ2) is 2.96. The van der Waals surface area contributed by atoms with Gasteiger partial charge in [0.05, 0.1) is 6.10 Å². The molecule has 0 saturated carbocycles. The highest BCUT2D eigenvalue weighted by Gasteiger charge is 2.33. The quantitative estimate of drug-likeness (QED) is 0.656. The van der Waals surface area contributed by atoms with Crippen molar-refractivity contribution in [3.05, 3.63) is 48.1 Å². The molecule has 3 aliphatic rings. The van der Waals surface area contributed by atoms with Crippen molar-refractivity contribution in [3.8, 4) is 0 Å². The predicted molar refractivity (Wildman–Crippen MR) is 56.6 cm³/mol. The Balaban J connectivity index is 1.80. The van der Waals surface area contributed by atoms with Gasteiger partial charge in [0.1, 0.15) is 0 Å². The zero-order valence-electron chi connectivity index (χ0n) is 8.01. The highest BCUT2D eigenvalue weighted by Crippen LogP contribution is 2.41. The number of hydrogen-bond donors (Lipinski definition) is 1. The SMILES string of the molecule is OC(C1=CC2C=CC1C2)C1C=CC=C1. The van der Waals surface area contributed by atoms with E-state index in [2.05, 4.69) is 30.4 Å². The summed E-state index contributed by atoms with van der Waals surface area (Å²) in [7, 11) is 0. The first-order valence-corrected chi connectivity index (χ1v) is 5.27. The zero-order chi connectivity index (χ0) is 9.54. The third-order valence-corrected chi connectivity index (χ3v) is 3.44. The van der Waals surface area contributed by atoms with Crippen molar-refractivity contribution < 1.29 is 5.11 Å². The van der Waals surface area contributed by atoms with Gasteiger partial charge in [-0.15, -0.1) is 0 Å². The Hall–Kier alpha value is -1.08. The lowest BCUT2D eigenvalue weighted by Gasteiger charge is -2.20. The summed E-state index contributed by atoms with van der Waals surface area (Å²) in [5.41, 5.74) is 1.23. The van der Waals surface area contributed by atoms with Crippen LogP contribution in [-0.2, 0) is 0 Å². The van der Waals surface area contributed by atoms with Crippen LogP contribution in [0.4, 0.5) is 0 Å². The summed E-state index contributed by atoms with van der Waals surface area (Å²) in [4.78, 5) is 0. The van der Waals surface area contributed by atoms with Gasteiger partial charge >= 0.3 is 0 Å². The molecule has 72 valence electrons. The largest absolute Gasteiger partial charge is 0.388 e. The van der Waals surface area contributed by atoms with Crippen molar-refractivity contribution in [2.45, 2.75) is 12.5 Å². The van der Waals surface area contributed by atoms with Gasteiger partial charge in [-0.1, -0.05) is 42.5 Å². The van der Waals surface area contributed by atoms with Crippen molar-refractivity contribution in [3.63, 3.8) is 0 Å². The van der Waals surface area contributed by atoms with E-state index in [1.807, 2.05) is 12.2 Å². The average molecular weight is 186 g/mol. The summed E-state index contributed by atoms with van der Waals surface area (Å²) in [6.45, 7) is 0. The minimum atomic E-state index is -0.301. The molecule has 0 fully saturated rings. The van der Waals surface area contributed by atoms with Crippen LogP contribution in [-0.4, -0.2) is 11.2 Å². The van der Waals surface area contributed by atoms with Gasteiger partial charge in [0.15, 0.2) is 0 Å². The van der Waals surface area contributed by atoms with E-state index in [0.717, 1.165) is 0 Å². The number of allylic oxidation sites excluding steroid dienone is 5. The Bertz CT molecular complexity index is 347. The van der Waals surface area contributed by atoms with Gasteiger partial charge in [0.2, 0.25) is 0 Å². The van der Waals surface area contributed by atoms with Gasteiger partial charge in [-0.2, -0.15) is 0 Å². The number of rotatable bonds is 2. The molecule has 3 aliphatic carbocycles. The van der Waals surface area contributed by atoms with Crippen LogP contribution in [0.3, 0.4) is 0 Å². The summed E-state index contributed by atoms with van der Waals surface area (Å²) >= 11 is 0. The number of aliphatic hydroxyl groups excluding tert-OH is 1. The standard InChI is InChI=1S/C13H14O/c14-13(10-3-1-2-4-10)12-8-9-5-6-11(12)7-9/h1-6,8-11,13-14H,7H2. The summed E-state index contributed by atoms with van der Waals surface area (Å²) in [5, 5.41) is 10.2. The van der Waals surface area contributed by atoms with E-state index < -0.39 is 0 Å². The van der Waals surface area contributed by atoms with Crippen molar-refractivity contribution >= 4 is 0 Å². The molecule has 0 heterocycles. The van der Waals surface area contributed by atoms with Crippen LogP contribution in [0.25, 0.3) is 0 Å². The van der Waals surface area contributed by atoms with Gasteiger partial charge in [-0.25, -0.2) is 0 Å². The highest BCUT2D eigenvalue weighted by atomic mass is 16.3. The van der Waals surface area contributed by atoms with Crippen LogP contribution < -0.4 is 0 Å². The lowest BCUT2D eigenvalue weighted by Crippen LogP contribution is -2.21. The Labute approximate surface area is 84.1 Å². The van der Waals surface area contributed by atoms with Crippen molar-refractivity contribution in [1.82, 2.24) is 0 Å². The van der Waals surface area contributed by atoms with Crippen LogP contribution >= 0.6 is 0 Å². The molecular weight excluding hydrogens is 172 g/mol. The minimum Gasteiger partial charge on any atom is -0.388 e. The third-order valence-electron chi connectivity index (χ3n) is 3.44. The molecule has 0 aromatic carbocycles. The van der Waals surface area contributed by atoms with Crippen LogP contribution in [0, 0.1) is 17.8 Å². The third kappa shape index (κ3) is 1.12. The molecule has 0 aromatic heterocycles. The molecule has 0 spiro atoms. The molecule has 0 amide bonds. The van der Waals surface area contributed by atoms with Crippen LogP contribution in [0.5, 0.6) is 0 Å². The molecule has 3 atom stereocenters. The summed E-state index contributed by atoms with van der Waals surface area (Å²) in [6, 6.07) is 0. The molecule has 0 radical (unpaired) electrons. The Morgan fingerprint density at radius 3 is 2.50 bits per heavy atom. The Morgan fingerprint density at radius 1 is 1.14 bits per heavy atom. The molecule has 0 saturated heterocycles. The maximum atomic E-state index is 10.2. The van der Waals surface area contributed by atoms with Gasteiger partial charge in [-0.3, -0.25) is 0 Å². The van der Waals surface area contributed by atoms with E-state index in [-0.39, 0.29) is 12.0 Å². The van der Waals surface area contributed by atoms with E-state index in [9.17, 15) is 5.11 Å². The normalized spacial score (nSPS) is 35.6. The van der Waals surface area contributed by atoms with Gasteiger partial charge in [0, 0.05) is 11.8 Å². The Kier molecular flexibility index (Phi) is 1.74. The van der Waals surface area contributed by atoms with E-state index in [4.69, 9.17) is 0 Å². The molecule has 0 aliphatic heterocycles. The number of aliphatic hydroxyl groups is 1. The second-order valence-electron chi connectivity index (χ2n) is 4.35. The van der Waals surface area contributed by atoms with Crippen LogP contribution in [0.15, 0.2) is 48.1 Å². The zero-order valence-corrected chi connectivity index (χ0v) is 8.01. The van der Waals surface area contributed by atoms with E-state index in [0.29, 0.717) is 11.8 Å². The molecule has 2 bridgehead atoms. The Morgan fingerprint density at radius 2 is 1.93 bits per heavy atom. The highest BCUT2D eigenvalue weighted by molar-refractivity contribution is 5.35.